The van der Waals surface area contributed by atoms with Gasteiger partial charge in [-0.2, -0.15) is 0 Å². The third-order valence-corrected chi connectivity index (χ3v) is 12.0. The second kappa shape index (κ2) is 48.8. The van der Waals surface area contributed by atoms with Crippen molar-refractivity contribution in [3.63, 3.8) is 0 Å². The van der Waals surface area contributed by atoms with E-state index in [2.05, 4.69) is 74.7 Å². The molecule has 3 atom stereocenters. The summed E-state index contributed by atoms with van der Waals surface area (Å²) in [5.74, 6) is -0.491. The fourth-order valence-electron chi connectivity index (χ4n) is 7.97. The molecule has 0 aliphatic rings. The van der Waals surface area contributed by atoms with E-state index in [1.54, 1.807) is 0 Å². The van der Waals surface area contributed by atoms with Crippen molar-refractivity contribution in [2.45, 2.75) is 283 Å². The molecular weight excluding hydrogens is 755 g/mol. The number of rotatable bonds is 47. The van der Waals surface area contributed by atoms with Crippen LogP contribution in [0.1, 0.15) is 265 Å². The number of amides is 1. The van der Waals surface area contributed by atoms with Crippen LogP contribution in [0.5, 0.6) is 0 Å². The molecule has 0 fully saturated rings. The third-order valence-electron chi connectivity index (χ3n) is 12.0. The number of esters is 1. The maximum atomic E-state index is 13.2. The highest BCUT2D eigenvalue weighted by atomic mass is 16.5. The monoisotopic (exact) mass is 856 g/mol. The van der Waals surface area contributed by atoms with Crippen molar-refractivity contribution in [2.24, 2.45) is 0 Å². The Hall–Kier alpha value is -2.18. The molecule has 3 N–H and O–H groups in total. The minimum atomic E-state index is -0.790. The second-order valence-corrected chi connectivity index (χ2v) is 18.0. The van der Waals surface area contributed by atoms with Gasteiger partial charge in [0.05, 0.1) is 25.2 Å². The van der Waals surface area contributed by atoms with Gasteiger partial charge in [0, 0.05) is 6.42 Å². The normalized spacial score (nSPS) is 13.6. The van der Waals surface area contributed by atoms with Crippen LogP contribution in [0.3, 0.4) is 0 Å². The summed E-state index contributed by atoms with van der Waals surface area (Å²) in [6, 6.07) is -0.704. The van der Waals surface area contributed by atoms with Gasteiger partial charge in [-0.3, -0.25) is 9.59 Å². The lowest BCUT2D eigenvalue weighted by Gasteiger charge is -2.24. The van der Waals surface area contributed by atoms with Crippen molar-refractivity contribution < 1.29 is 24.5 Å². The SMILES string of the molecule is CCCCC/C=C/C=C/C=C/C=C/CCCCCCCC(=O)OC(CCCCCCCCCCCCCCC)CC(=O)NC(CO)C(O)CCCCCCCCCCCCC. The number of hydrogen-bond donors (Lipinski definition) is 3. The van der Waals surface area contributed by atoms with Gasteiger partial charge in [0.1, 0.15) is 6.10 Å². The summed E-state index contributed by atoms with van der Waals surface area (Å²) in [6.45, 7) is 6.44. The third kappa shape index (κ3) is 44.2. The van der Waals surface area contributed by atoms with Gasteiger partial charge in [0.2, 0.25) is 5.91 Å². The molecule has 6 nitrogen and oxygen atoms in total. The van der Waals surface area contributed by atoms with E-state index < -0.39 is 18.2 Å². The molecule has 3 unspecified atom stereocenters. The fourth-order valence-corrected chi connectivity index (χ4v) is 7.97. The zero-order valence-electron chi connectivity index (χ0n) is 40.5. The number of aliphatic hydroxyl groups excluding tert-OH is 2. The zero-order valence-corrected chi connectivity index (χ0v) is 40.5. The lowest BCUT2D eigenvalue weighted by molar-refractivity contribution is -0.151. The molecule has 6 heteroatoms. The number of ether oxygens (including phenoxy) is 1. The second-order valence-electron chi connectivity index (χ2n) is 18.0. The molecule has 0 rings (SSSR count). The number of unbranched alkanes of at least 4 members (excludes halogenated alkanes) is 30. The van der Waals surface area contributed by atoms with Gasteiger partial charge in [-0.25, -0.2) is 0 Å². The first kappa shape index (κ1) is 58.8. The predicted molar refractivity (Wildman–Crippen MR) is 264 cm³/mol. The first-order valence-corrected chi connectivity index (χ1v) is 26.4. The van der Waals surface area contributed by atoms with Crippen molar-refractivity contribution >= 4 is 11.9 Å². The zero-order chi connectivity index (χ0) is 44.5. The van der Waals surface area contributed by atoms with Crippen LogP contribution in [0, 0.1) is 0 Å². The van der Waals surface area contributed by atoms with Gasteiger partial charge in [0.15, 0.2) is 0 Å². The molecule has 0 saturated heterocycles. The number of hydrogen-bond acceptors (Lipinski definition) is 5. The minimum Gasteiger partial charge on any atom is -0.462 e. The first-order valence-electron chi connectivity index (χ1n) is 26.4. The van der Waals surface area contributed by atoms with Crippen molar-refractivity contribution in [3.05, 3.63) is 48.6 Å². The van der Waals surface area contributed by atoms with Crippen LogP contribution >= 0.6 is 0 Å². The smallest absolute Gasteiger partial charge is 0.306 e. The van der Waals surface area contributed by atoms with E-state index in [1.165, 1.54) is 141 Å². The van der Waals surface area contributed by atoms with Gasteiger partial charge in [-0.15, -0.1) is 0 Å². The van der Waals surface area contributed by atoms with Crippen LogP contribution in [-0.4, -0.2) is 46.9 Å². The highest BCUT2D eigenvalue weighted by molar-refractivity contribution is 5.77. The van der Waals surface area contributed by atoms with Gasteiger partial charge < -0.3 is 20.3 Å². The van der Waals surface area contributed by atoms with Crippen LogP contribution in [0.4, 0.5) is 0 Å². The number of aliphatic hydroxyl groups is 2. The molecule has 1 amide bonds. The van der Waals surface area contributed by atoms with Gasteiger partial charge in [0.25, 0.3) is 0 Å². The predicted octanol–water partition coefficient (Wildman–Crippen LogP) is 15.8. The van der Waals surface area contributed by atoms with Crippen molar-refractivity contribution in [2.75, 3.05) is 6.61 Å². The largest absolute Gasteiger partial charge is 0.462 e. The Morgan fingerprint density at radius 3 is 1.30 bits per heavy atom. The summed E-state index contributed by atoms with van der Waals surface area (Å²) in [4.78, 5) is 26.2. The van der Waals surface area contributed by atoms with Crippen LogP contribution in [0.2, 0.25) is 0 Å². The van der Waals surface area contributed by atoms with Crippen LogP contribution in [0.15, 0.2) is 48.6 Å². The lowest BCUT2D eigenvalue weighted by Crippen LogP contribution is -2.46. The van der Waals surface area contributed by atoms with Crippen molar-refractivity contribution in [1.29, 1.82) is 0 Å². The van der Waals surface area contributed by atoms with Gasteiger partial charge in [-0.05, 0) is 51.4 Å². The molecule has 61 heavy (non-hydrogen) atoms. The highest BCUT2D eigenvalue weighted by Gasteiger charge is 2.24. The molecule has 0 aliphatic heterocycles. The summed E-state index contributed by atoms with van der Waals surface area (Å²) in [5.41, 5.74) is 0. The van der Waals surface area contributed by atoms with Crippen LogP contribution in [-0.2, 0) is 14.3 Å². The van der Waals surface area contributed by atoms with E-state index in [9.17, 15) is 19.8 Å². The Morgan fingerprint density at radius 2 is 0.836 bits per heavy atom. The van der Waals surface area contributed by atoms with E-state index in [-0.39, 0.29) is 24.9 Å². The molecule has 0 spiro atoms. The Balaban J connectivity index is 4.60. The summed E-state index contributed by atoms with van der Waals surface area (Å²) in [7, 11) is 0. The van der Waals surface area contributed by atoms with E-state index in [4.69, 9.17) is 4.74 Å². The number of allylic oxidation sites excluding steroid dienone is 8. The Morgan fingerprint density at radius 1 is 0.475 bits per heavy atom. The summed E-state index contributed by atoms with van der Waals surface area (Å²) in [5, 5.41) is 23.7. The topological polar surface area (TPSA) is 95.9 Å². The minimum absolute atomic E-state index is 0.0703. The summed E-state index contributed by atoms with van der Waals surface area (Å²) in [6.07, 6.45) is 58.8. The fraction of sp³-hybridized carbons (Fsp3) is 0.818. The maximum absolute atomic E-state index is 13.2. The molecule has 0 aromatic heterocycles. The molecule has 0 aromatic carbocycles. The van der Waals surface area contributed by atoms with E-state index in [0.29, 0.717) is 19.3 Å². The van der Waals surface area contributed by atoms with Gasteiger partial charge >= 0.3 is 5.97 Å². The molecule has 0 radical (unpaired) electrons. The number of carbonyl (C=O) groups excluding carboxylic acids is 2. The molecule has 0 saturated carbocycles. The first-order chi connectivity index (χ1) is 30.0. The Kier molecular flexibility index (Phi) is 47.1. The molecule has 0 bridgehead atoms. The number of nitrogens with one attached hydrogen (secondary N) is 1. The summed E-state index contributed by atoms with van der Waals surface area (Å²) < 4.78 is 5.93. The molecule has 0 aromatic rings. The van der Waals surface area contributed by atoms with Crippen molar-refractivity contribution in [3.8, 4) is 0 Å². The maximum Gasteiger partial charge on any atom is 0.306 e. The van der Waals surface area contributed by atoms with Crippen LogP contribution in [0.25, 0.3) is 0 Å². The molecular formula is C55H101NO5. The highest BCUT2D eigenvalue weighted by Crippen LogP contribution is 2.18. The van der Waals surface area contributed by atoms with Crippen LogP contribution < -0.4 is 5.32 Å². The van der Waals surface area contributed by atoms with Gasteiger partial charge in [-0.1, -0.05) is 249 Å². The van der Waals surface area contributed by atoms with E-state index >= 15 is 0 Å². The lowest BCUT2D eigenvalue weighted by atomic mass is 10.0. The standard InChI is InChI=1S/C55H101NO5/c1-4-7-10-13-16-19-22-24-25-26-27-28-30-33-36-39-42-45-48-55(60)61-51(46-43-40-37-34-32-29-23-20-17-14-11-8-5-2)49-54(59)56-52(50-57)53(58)47-44-41-38-35-31-21-18-15-12-9-6-3/h16,19,22,24-28,51-53,57-58H,4-15,17-18,20-21,23,29-50H2,1-3H3,(H,56,59)/b19-16+,24-22+,26-25+,28-27+. The quantitative estimate of drug-likeness (QED) is 0.0322. The van der Waals surface area contributed by atoms with E-state index in [1.807, 2.05) is 0 Å². The molecule has 356 valence electrons. The van der Waals surface area contributed by atoms with Crippen molar-refractivity contribution in [1.82, 2.24) is 5.32 Å². The molecule has 0 heterocycles. The average Bonchev–Trinajstić information content (AvgIpc) is 3.25. The summed E-state index contributed by atoms with van der Waals surface area (Å²) >= 11 is 0. The molecule has 0 aliphatic carbocycles. The number of carbonyl (C=O) groups is 2. The average molecular weight is 856 g/mol. The Bertz CT molecular complexity index is 1050. The Labute approximate surface area is 378 Å². The van der Waals surface area contributed by atoms with E-state index in [0.717, 1.165) is 77.0 Å².